The first-order chi connectivity index (χ1) is 12.8. The molecule has 0 saturated carbocycles. The molecule has 9 heteroatoms. The van der Waals surface area contributed by atoms with E-state index in [1.165, 1.54) is 6.26 Å². The second kappa shape index (κ2) is 8.64. The quantitative estimate of drug-likeness (QED) is 0.683. The fourth-order valence-corrected chi connectivity index (χ4v) is 4.80. The van der Waals surface area contributed by atoms with Gasteiger partial charge in [-0.25, -0.2) is 13.4 Å². The third-order valence-corrected chi connectivity index (χ3v) is 6.46. The minimum absolute atomic E-state index is 0.136. The number of hydrogen-bond acceptors (Lipinski definition) is 6. The van der Waals surface area contributed by atoms with Gasteiger partial charge in [-0.05, 0) is 25.5 Å². The molecule has 0 bridgehead atoms. The van der Waals surface area contributed by atoms with E-state index >= 15 is 0 Å². The Bertz CT molecular complexity index is 764. The Kier molecular flexibility index (Phi) is 6.46. The Morgan fingerprint density at radius 2 is 2.04 bits per heavy atom. The average molecular weight is 397 g/mol. The van der Waals surface area contributed by atoms with Crippen molar-refractivity contribution in [1.29, 1.82) is 0 Å². The van der Waals surface area contributed by atoms with Gasteiger partial charge in [0.25, 0.3) is 5.91 Å². The van der Waals surface area contributed by atoms with Crippen LogP contribution in [0, 0.1) is 6.92 Å². The minimum atomic E-state index is -3.35. The molecule has 27 heavy (non-hydrogen) atoms. The number of sulfonamides is 1. The molecule has 3 heterocycles. The van der Waals surface area contributed by atoms with E-state index in [-0.39, 0.29) is 11.9 Å². The van der Waals surface area contributed by atoms with Gasteiger partial charge in [-0.3, -0.25) is 9.69 Å². The van der Waals surface area contributed by atoms with E-state index in [9.17, 15) is 13.2 Å². The van der Waals surface area contributed by atoms with Gasteiger partial charge in [0.1, 0.15) is 5.69 Å². The number of rotatable bonds is 6. The number of carbonyl (C=O) groups excluding carboxylic acids is 1. The highest BCUT2D eigenvalue weighted by molar-refractivity contribution is 7.88. The van der Waals surface area contributed by atoms with Crippen molar-refractivity contribution in [2.45, 2.75) is 19.4 Å². The monoisotopic (exact) mass is 396 g/mol. The summed E-state index contributed by atoms with van der Waals surface area (Å²) in [7, 11) is -3.35. The lowest BCUT2D eigenvalue weighted by Gasteiger charge is -2.31. The molecule has 3 rings (SSSR count). The number of hydrogen-bond donors (Lipinski definition) is 0. The molecule has 0 spiro atoms. The summed E-state index contributed by atoms with van der Waals surface area (Å²) in [6.45, 7) is 6.95. The first-order valence-corrected chi connectivity index (χ1v) is 11.2. The summed E-state index contributed by atoms with van der Waals surface area (Å²) in [5, 5.41) is 0. The smallest absolute Gasteiger partial charge is 0.272 e. The maximum atomic E-state index is 12.7. The molecule has 0 radical (unpaired) electrons. The first kappa shape index (κ1) is 20.2. The minimum Gasteiger partial charge on any atom is -0.379 e. The molecule has 0 N–H and O–H groups in total. The zero-order valence-electron chi connectivity index (χ0n) is 16.0. The first-order valence-electron chi connectivity index (χ1n) is 9.34. The van der Waals surface area contributed by atoms with Gasteiger partial charge in [-0.1, -0.05) is 6.07 Å². The Morgan fingerprint density at radius 3 is 2.70 bits per heavy atom. The van der Waals surface area contributed by atoms with Crippen molar-refractivity contribution in [2.24, 2.45) is 0 Å². The Hall–Kier alpha value is -1.55. The summed E-state index contributed by atoms with van der Waals surface area (Å²) in [6.07, 6.45) is 1.90. The predicted molar refractivity (Wildman–Crippen MR) is 102 cm³/mol. The van der Waals surface area contributed by atoms with E-state index < -0.39 is 10.0 Å². The maximum Gasteiger partial charge on any atom is 0.272 e. The molecule has 2 fully saturated rings. The van der Waals surface area contributed by atoms with Crippen molar-refractivity contribution in [2.75, 3.05) is 58.7 Å². The van der Waals surface area contributed by atoms with E-state index in [0.717, 1.165) is 18.8 Å². The van der Waals surface area contributed by atoms with Crippen molar-refractivity contribution >= 4 is 15.9 Å². The van der Waals surface area contributed by atoms with Crippen LogP contribution in [0.3, 0.4) is 0 Å². The summed E-state index contributed by atoms with van der Waals surface area (Å²) < 4.78 is 31.6. The van der Waals surface area contributed by atoms with Gasteiger partial charge in [0.05, 0.1) is 19.5 Å². The fraction of sp³-hybridized carbons (Fsp3) is 0.667. The van der Waals surface area contributed by atoms with E-state index in [1.54, 1.807) is 15.3 Å². The zero-order valence-corrected chi connectivity index (χ0v) is 16.8. The Labute approximate surface area is 161 Å². The zero-order chi connectivity index (χ0) is 19.4. The van der Waals surface area contributed by atoms with Crippen molar-refractivity contribution in [3.8, 4) is 0 Å². The van der Waals surface area contributed by atoms with Gasteiger partial charge in [-0.2, -0.15) is 4.31 Å². The van der Waals surface area contributed by atoms with Crippen LogP contribution < -0.4 is 0 Å². The summed E-state index contributed by atoms with van der Waals surface area (Å²) in [5.41, 5.74) is 1.20. The molecule has 8 nitrogen and oxygen atoms in total. The van der Waals surface area contributed by atoms with E-state index in [0.29, 0.717) is 51.5 Å². The number of aryl methyl sites for hydroxylation is 1. The van der Waals surface area contributed by atoms with E-state index in [4.69, 9.17) is 4.74 Å². The van der Waals surface area contributed by atoms with Crippen LogP contribution in [-0.4, -0.2) is 98.2 Å². The van der Waals surface area contributed by atoms with Crippen molar-refractivity contribution < 1.29 is 17.9 Å². The second-order valence-corrected chi connectivity index (χ2v) is 9.12. The van der Waals surface area contributed by atoms with Gasteiger partial charge in [-0.15, -0.1) is 0 Å². The van der Waals surface area contributed by atoms with E-state index in [2.05, 4.69) is 9.88 Å². The topological polar surface area (TPSA) is 83.1 Å². The van der Waals surface area contributed by atoms with Gasteiger partial charge in [0.2, 0.25) is 10.0 Å². The number of ether oxygens (including phenoxy) is 1. The van der Waals surface area contributed by atoms with Crippen LogP contribution in [0.15, 0.2) is 18.2 Å². The summed E-state index contributed by atoms with van der Waals surface area (Å²) in [6, 6.07) is 5.18. The number of amides is 1. The number of pyridine rings is 1. The summed E-state index contributed by atoms with van der Waals surface area (Å²) in [5.74, 6) is -0.136. The lowest BCUT2D eigenvalue weighted by molar-refractivity contribution is 0.0353. The molecule has 0 aromatic carbocycles. The lowest BCUT2D eigenvalue weighted by Crippen LogP contribution is -2.47. The molecule has 0 aliphatic carbocycles. The standard InChI is InChI=1S/C18H28N4O4S/c1-15-4-3-5-17(19-15)18(23)21-7-6-16(14-21)22(27(2,24)25)9-8-20-10-12-26-13-11-20/h3-5,16H,6-14H2,1-2H3. The molecule has 1 aromatic heterocycles. The predicted octanol–water partition coefficient (Wildman–Crippen LogP) is 0.198. The Balaban J connectivity index is 1.63. The number of nitrogens with zero attached hydrogens (tertiary/aromatic N) is 4. The summed E-state index contributed by atoms with van der Waals surface area (Å²) in [4.78, 5) is 20.9. The Morgan fingerprint density at radius 1 is 1.30 bits per heavy atom. The molecule has 1 amide bonds. The van der Waals surface area contributed by atoms with Gasteiger partial charge >= 0.3 is 0 Å². The van der Waals surface area contributed by atoms with Crippen LogP contribution >= 0.6 is 0 Å². The normalized spacial score (nSPS) is 21.7. The number of morpholine rings is 1. The van der Waals surface area contributed by atoms with Crippen LogP contribution in [0.4, 0.5) is 0 Å². The molecule has 1 unspecified atom stereocenters. The molecular weight excluding hydrogens is 368 g/mol. The molecule has 2 aliphatic rings. The van der Waals surface area contributed by atoms with Crippen LogP contribution in [0.25, 0.3) is 0 Å². The molecule has 150 valence electrons. The highest BCUT2D eigenvalue weighted by Gasteiger charge is 2.35. The van der Waals surface area contributed by atoms with Crippen molar-refractivity contribution in [3.63, 3.8) is 0 Å². The van der Waals surface area contributed by atoms with Crippen LogP contribution in [0.1, 0.15) is 22.6 Å². The highest BCUT2D eigenvalue weighted by atomic mass is 32.2. The second-order valence-electron chi connectivity index (χ2n) is 7.19. The van der Waals surface area contributed by atoms with Gasteiger partial charge in [0.15, 0.2) is 0 Å². The molecular formula is C18H28N4O4S. The molecule has 2 saturated heterocycles. The van der Waals surface area contributed by atoms with Crippen LogP contribution in [-0.2, 0) is 14.8 Å². The number of carbonyl (C=O) groups is 1. The maximum absolute atomic E-state index is 12.7. The average Bonchev–Trinajstić information content (AvgIpc) is 3.10. The lowest BCUT2D eigenvalue weighted by atomic mass is 10.2. The fourth-order valence-electron chi connectivity index (χ4n) is 3.67. The largest absolute Gasteiger partial charge is 0.379 e. The molecule has 2 aliphatic heterocycles. The van der Waals surface area contributed by atoms with Crippen molar-refractivity contribution in [3.05, 3.63) is 29.6 Å². The molecule has 1 aromatic rings. The van der Waals surface area contributed by atoms with Gasteiger partial charge < -0.3 is 9.64 Å². The number of likely N-dealkylation sites (tertiary alicyclic amines) is 1. The van der Waals surface area contributed by atoms with Crippen LogP contribution in [0.2, 0.25) is 0 Å². The van der Waals surface area contributed by atoms with Crippen molar-refractivity contribution in [1.82, 2.24) is 19.1 Å². The third-order valence-electron chi connectivity index (χ3n) is 5.13. The third kappa shape index (κ3) is 5.25. The molecule has 1 atom stereocenters. The highest BCUT2D eigenvalue weighted by Crippen LogP contribution is 2.20. The van der Waals surface area contributed by atoms with Crippen LogP contribution in [0.5, 0.6) is 0 Å². The SMILES string of the molecule is Cc1cccc(C(=O)N2CCC(N(CCN3CCOCC3)S(C)(=O)=O)C2)n1. The number of aromatic nitrogens is 1. The van der Waals surface area contributed by atoms with Gasteiger partial charge in [0, 0.05) is 51.0 Å². The van der Waals surface area contributed by atoms with E-state index in [1.807, 2.05) is 19.1 Å². The summed E-state index contributed by atoms with van der Waals surface area (Å²) >= 11 is 0.